The van der Waals surface area contributed by atoms with Gasteiger partial charge < -0.3 is 10.6 Å². The summed E-state index contributed by atoms with van der Waals surface area (Å²) < 4.78 is 14.4. The molecule has 0 aromatic heterocycles. The number of fused-ring (bicyclic) bond motifs is 1. The van der Waals surface area contributed by atoms with Gasteiger partial charge in [0.2, 0.25) is 5.91 Å². The van der Waals surface area contributed by atoms with E-state index in [4.69, 9.17) is 5.41 Å². The van der Waals surface area contributed by atoms with E-state index < -0.39 is 11.4 Å². The summed E-state index contributed by atoms with van der Waals surface area (Å²) >= 11 is 0. The largest absolute Gasteiger partial charge is 0.350 e. The summed E-state index contributed by atoms with van der Waals surface area (Å²) in [4.78, 5) is 27.1. The predicted molar refractivity (Wildman–Crippen MR) is 125 cm³/mol. The number of rotatable bonds is 5. The molecule has 4 rings (SSSR count). The van der Waals surface area contributed by atoms with Gasteiger partial charge in [-0.2, -0.15) is 0 Å². The first-order valence-electron chi connectivity index (χ1n) is 11.5. The lowest BCUT2D eigenvalue weighted by molar-refractivity contribution is -0.131. The van der Waals surface area contributed by atoms with Crippen LogP contribution in [0.5, 0.6) is 0 Å². The van der Waals surface area contributed by atoms with Gasteiger partial charge in [-0.1, -0.05) is 38.1 Å². The molecule has 1 fully saturated rings. The van der Waals surface area contributed by atoms with Gasteiger partial charge in [0.1, 0.15) is 5.82 Å². The number of hydrogen-bond donors (Lipinski definition) is 3. The number of halogens is 1. The maximum atomic E-state index is 14.4. The molecule has 2 atom stereocenters. The molecule has 2 aromatic rings. The zero-order valence-electron chi connectivity index (χ0n) is 19.4. The molecular weight excluding hydrogens is 419 g/mol. The fourth-order valence-electron chi connectivity index (χ4n) is 4.63. The summed E-state index contributed by atoms with van der Waals surface area (Å²) in [6, 6.07) is 12.1. The monoisotopic (exact) mass is 450 g/mol. The van der Waals surface area contributed by atoms with Crippen LogP contribution in [0.4, 0.5) is 4.39 Å². The number of benzene rings is 2. The number of carbonyl (C=O) groups is 2. The van der Waals surface area contributed by atoms with Crippen LogP contribution in [0, 0.1) is 17.1 Å². The van der Waals surface area contributed by atoms with E-state index in [1.807, 2.05) is 39.0 Å². The molecule has 2 amide bonds. The van der Waals surface area contributed by atoms with Crippen molar-refractivity contribution in [2.24, 2.45) is 5.92 Å². The minimum atomic E-state index is -0.544. The normalized spacial score (nSPS) is 22.7. The minimum Gasteiger partial charge on any atom is -0.350 e. The molecule has 0 saturated carbocycles. The molecule has 0 radical (unpaired) electrons. The molecule has 2 aliphatic rings. The molecule has 2 aromatic carbocycles. The Morgan fingerprint density at radius 1 is 1.30 bits per heavy atom. The molecule has 0 unspecified atom stereocenters. The number of nitrogens with one attached hydrogen (secondary N) is 3. The van der Waals surface area contributed by atoms with Gasteiger partial charge in [0.15, 0.2) is 5.96 Å². The molecule has 6 nitrogen and oxygen atoms in total. The number of hydrogen-bond acceptors (Lipinski definition) is 3. The van der Waals surface area contributed by atoms with E-state index in [-0.39, 0.29) is 48.3 Å². The van der Waals surface area contributed by atoms with E-state index in [0.717, 1.165) is 24.8 Å². The van der Waals surface area contributed by atoms with Crippen molar-refractivity contribution >= 4 is 17.8 Å². The average molecular weight is 451 g/mol. The Morgan fingerprint density at radius 2 is 2.06 bits per heavy atom. The number of nitrogens with zero attached hydrogens (tertiary/aromatic N) is 1. The Bertz CT molecular complexity index is 1080. The van der Waals surface area contributed by atoms with Crippen LogP contribution in [-0.4, -0.2) is 28.2 Å². The summed E-state index contributed by atoms with van der Waals surface area (Å²) in [5.74, 6) is -0.917. The number of amides is 2. The Kier molecular flexibility index (Phi) is 6.23. The van der Waals surface area contributed by atoms with Crippen molar-refractivity contribution in [3.63, 3.8) is 0 Å². The van der Waals surface area contributed by atoms with Gasteiger partial charge in [-0.15, -0.1) is 0 Å². The van der Waals surface area contributed by atoms with E-state index >= 15 is 0 Å². The fraction of sp³-hybridized carbons (Fsp3) is 0.423. The molecule has 7 heteroatoms. The second kappa shape index (κ2) is 8.96. The summed E-state index contributed by atoms with van der Waals surface area (Å²) in [6.07, 6.45) is 3.06. The van der Waals surface area contributed by atoms with Crippen LogP contribution in [0.3, 0.4) is 0 Å². The van der Waals surface area contributed by atoms with Gasteiger partial charge in [-0.3, -0.25) is 19.9 Å². The Hall–Kier alpha value is -3.22. The first-order valence-corrected chi connectivity index (χ1v) is 11.5. The lowest BCUT2D eigenvalue weighted by atomic mass is 9.83. The lowest BCUT2D eigenvalue weighted by Crippen LogP contribution is -2.62. The van der Waals surface area contributed by atoms with E-state index in [0.29, 0.717) is 5.56 Å². The number of guanidine groups is 1. The van der Waals surface area contributed by atoms with Gasteiger partial charge in [-0.05, 0) is 67.0 Å². The van der Waals surface area contributed by atoms with Crippen LogP contribution in [0.15, 0.2) is 42.5 Å². The van der Waals surface area contributed by atoms with Crippen molar-refractivity contribution in [2.75, 3.05) is 0 Å². The zero-order chi connectivity index (χ0) is 23.8. The predicted octanol–water partition coefficient (Wildman–Crippen LogP) is 4.30. The molecular formula is C26H31FN4O2. The summed E-state index contributed by atoms with van der Waals surface area (Å²) in [5.41, 5.74) is 2.53. The Morgan fingerprint density at radius 3 is 2.79 bits per heavy atom. The fourth-order valence-corrected chi connectivity index (χ4v) is 4.63. The van der Waals surface area contributed by atoms with Crippen LogP contribution in [-0.2, 0) is 17.8 Å². The lowest BCUT2D eigenvalue weighted by Gasteiger charge is -2.43. The third kappa shape index (κ3) is 4.77. The highest BCUT2D eigenvalue weighted by Crippen LogP contribution is 2.30. The van der Waals surface area contributed by atoms with Gasteiger partial charge in [0.05, 0.1) is 19.0 Å². The molecule has 33 heavy (non-hydrogen) atoms. The molecule has 174 valence electrons. The molecule has 3 N–H and O–H groups in total. The molecule has 0 bridgehead atoms. The summed E-state index contributed by atoms with van der Waals surface area (Å²) in [6.45, 7) is 5.97. The van der Waals surface area contributed by atoms with Gasteiger partial charge in [0, 0.05) is 11.1 Å². The maximum Gasteiger partial charge on any atom is 0.251 e. The van der Waals surface area contributed by atoms with Crippen LogP contribution in [0.2, 0.25) is 0 Å². The minimum absolute atomic E-state index is 0.00322. The van der Waals surface area contributed by atoms with Crippen LogP contribution < -0.4 is 10.6 Å². The van der Waals surface area contributed by atoms with Crippen LogP contribution >= 0.6 is 0 Å². The zero-order valence-corrected chi connectivity index (χ0v) is 19.4. The van der Waals surface area contributed by atoms with Crippen molar-refractivity contribution in [3.05, 3.63) is 70.5 Å². The molecule has 1 aliphatic carbocycles. The van der Waals surface area contributed by atoms with Gasteiger partial charge in [-0.25, -0.2) is 4.39 Å². The smallest absolute Gasteiger partial charge is 0.251 e. The summed E-state index contributed by atoms with van der Waals surface area (Å²) in [5, 5.41) is 14.5. The summed E-state index contributed by atoms with van der Waals surface area (Å²) in [7, 11) is 0. The van der Waals surface area contributed by atoms with Crippen LogP contribution in [0.25, 0.3) is 0 Å². The standard InChI is InChI=1S/C26H31FN4O2/c1-16(2)26(3)14-23(32)31(25(28)30-26)15-17-11-19(13-20(27)12-17)24(33)29-22-10-6-8-18-7-4-5-9-21(18)22/h4-5,7,9,11-13,16,22H,6,8,10,14-15H2,1-3H3,(H2,28,30)(H,29,33)/t22-,26-/m0/s1. The van der Waals surface area contributed by atoms with Crippen molar-refractivity contribution in [1.82, 2.24) is 15.5 Å². The van der Waals surface area contributed by atoms with Gasteiger partial charge >= 0.3 is 0 Å². The average Bonchev–Trinajstić information content (AvgIpc) is 2.76. The quantitative estimate of drug-likeness (QED) is 0.635. The Labute approximate surface area is 194 Å². The number of carbonyl (C=O) groups excluding carboxylic acids is 2. The highest BCUT2D eigenvalue weighted by atomic mass is 19.1. The van der Waals surface area contributed by atoms with E-state index in [1.165, 1.54) is 22.6 Å². The third-order valence-corrected chi connectivity index (χ3v) is 7.00. The molecule has 1 saturated heterocycles. The van der Waals surface area contributed by atoms with Gasteiger partial charge in [0.25, 0.3) is 5.91 Å². The SMILES string of the molecule is CC(C)[C@]1(C)CC(=O)N(Cc2cc(F)cc(C(=O)N[C@H]3CCCc4ccccc43)c2)C(=N)N1. The topological polar surface area (TPSA) is 85.3 Å². The highest BCUT2D eigenvalue weighted by Gasteiger charge is 2.40. The second-order valence-corrected chi connectivity index (χ2v) is 9.67. The molecule has 1 heterocycles. The number of aryl methyl sites for hydroxylation is 1. The molecule has 0 spiro atoms. The first-order chi connectivity index (χ1) is 15.7. The molecule has 1 aliphatic heterocycles. The van der Waals surface area contributed by atoms with E-state index in [2.05, 4.69) is 16.7 Å². The van der Waals surface area contributed by atoms with Crippen molar-refractivity contribution in [3.8, 4) is 0 Å². The van der Waals surface area contributed by atoms with Crippen molar-refractivity contribution in [1.29, 1.82) is 5.41 Å². The van der Waals surface area contributed by atoms with Crippen molar-refractivity contribution < 1.29 is 14.0 Å². The van der Waals surface area contributed by atoms with Crippen LogP contribution in [0.1, 0.15) is 73.1 Å². The van der Waals surface area contributed by atoms with E-state index in [1.54, 1.807) is 6.07 Å². The highest BCUT2D eigenvalue weighted by molar-refractivity contribution is 5.99. The Balaban J connectivity index is 1.50. The second-order valence-electron chi connectivity index (χ2n) is 9.67. The maximum absolute atomic E-state index is 14.4. The first kappa shape index (κ1) is 23.0. The van der Waals surface area contributed by atoms with Crippen molar-refractivity contribution in [2.45, 2.75) is 64.6 Å². The van der Waals surface area contributed by atoms with E-state index in [9.17, 15) is 14.0 Å². The third-order valence-electron chi connectivity index (χ3n) is 7.00.